The fourth-order valence-electron chi connectivity index (χ4n) is 5.29. The second-order valence-corrected chi connectivity index (χ2v) is 9.96. The number of ether oxygens (including phenoxy) is 3. The second-order valence-electron chi connectivity index (χ2n) is 9.04. The molecule has 1 atom stereocenters. The molecule has 2 aromatic rings. The number of amides is 1. The number of esters is 1. The van der Waals surface area contributed by atoms with Gasteiger partial charge in [0.2, 0.25) is 0 Å². The van der Waals surface area contributed by atoms with Gasteiger partial charge in [0.15, 0.2) is 0 Å². The van der Waals surface area contributed by atoms with Gasteiger partial charge in [-0.1, -0.05) is 34.1 Å². The van der Waals surface area contributed by atoms with E-state index in [0.29, 0.717) is 26.3 Å². The summed E-state index contributed by atoms with van der Waals surface area (Å²) >= 11 is 3.63. The first kappa shape index (κ1) is 24.6. The predicted octanol–water partition coefficient (Wildman–Crippen LogP) is 5.88. The van der Waals surface area contributed by atoms with Crippen LogP contribution in [0.2, 0.25) is 0 Å². The standard InChI is InChI=1S/C27H32BrNO5/c1-4-32-25(30)16-20-18(3)7-6-8-23(20)34-24-17-27(22-10-9-19(28)15-21(22)24)11-13-29(14-12-27)26(31)33-5-2/h6-10,15,24H,4-5,11-14,16-17H2,1-3H3. The average molecular weight is 530 g/mol. The number of nitrogens with zero attached hydrogens (tertiary/aromatic N) is 1. The molecule has 4 rings (SSSR count). The van der Waals surface area contributed by atoms with Gasteiger partial charge in [0.25, 0.3) is 0 Å². The summed E-state index contributed by atoms with van der Waals surface area (Å²) in [4.78, 5) is 26.3. The van der Waals surface area contributed by atoms with Crippen LogP contribution in [-0.4, -0.2) is 43.3 Å². The van der Waals surface area contributed by atoms with Gasteiger partial charge in [-0.3, -0.25) is 4.79 Å². The van der Waals surface area contributed by atoms with Crippen LogP contribution in [0.1, 0.15) is 61.5 Å². The maximum atomic E-state index is 12.2. The van der Waals surface area contributed by atoms with E-state index in [2.05, 4.69) is 34.1 Å². The molecule has 0 aromatic heterocycles. The molecule has 1 saturated heterocycles. The molecule has 2 aromatic carbocycles. The molecule has 1 aliphatic carbocycles. The van der Waals surface area contributed by atoms with Crippen LogP contribution >= 0.6 is 15.9 Å². The highest BCUT2D eigenvalue weighted by Gasteiger charge is 2.47. The molecule has 1 amide bonds. The maximum absolute atomic E-state index is 12.2. The highest BCUT2D eigenvalue weighted by atomic mass is 79.9. The van der Waals surface area contributed by atoms with Crippen molar-refractivity contribution in [3.8, 4) is 5.75 Å². The van der Waals surface area contributed by atoms with Crippen molar-refractivity contribution in [3.63, 3.8) is 0 Å². The fraction of sp³-hybridized carbons (Fsp3) is 0.481. The minimum atomic E-state index is -0.251. The van der Waals surface area contributed by atoms with E-state index in [1.807, 2.05) is 39.0 Å². The molecule has 182 valence electrons. The zero-order chi connectivity index (χ0) is 24.3. The number of likely N-dealkylation sites (tertiary alicyclic amines) is 1. The fourth-order valence-corrected chi connectivity index (χ4v) is 5.67. The largest absolute Gasteiger partial charge is 0.485 e. The molecular weight excluding hydrogens is 498 g/mol. The van der Waals surface area contributed by atoms with E-state index in [-0.39, 0.29) is 30.0 Å². The molecule has 1 spiro atoms. The number of carbonyl (C=O) groups excluding carboxylic acids is 2. The molecular formula is C27H32BrNO5. The van der Waals surface area contributed by atoms with E-state index >= 15 is 0 Å². The summed E-state index contributed by atoms with van der Waals surface area (Å²) in [6.45, 7) is 7.71. The van der Waals surface area contributed by atoms with Gasteiger partial charge in [-0.25, -0.2) is 4.79 Å². The summed E-state index contributed by atoms with van der Waals surface area (Å²) in [5.41, 5.74) is 4.30. The van der Waals surface area contributed by atoms with Gasteiger partial charge in [0.05, 0.1) is 19.6 Å². The third-order valence-corrected chi connectivity index (χ3v) is 7.51. The molecule has 6 nitrogen and oxygen atoms in total. The van der Waals surface area contributed by atoms with Crippen LogP contribution in [0.4, 0.5) is 4.79 Å². The lowest BCUT2D eigenvalue weighted by Crippen LogP contribution is -2.44. The third kappa shape index (κ3) is 4.95. The number of piperidine rings is 1. The molecule has 0 saturated carbocycles. The molecule has 34 heavy (non-hydrogen) atoms. The molecule has 0 bridgehead atoms. The van der Waals surface area contributed by atoms with Crippen LogP contribution in [0, 0.1) is 6.92 Å². The lowest BCUT2D eigenvalue weighted by molar-refractivity contribution is -0.142. The Kier molecular flexibility index (Phi) is 7.51. The molecule has 1 unspecified atom stereocenters. The molecule has 1 fully saturated rings. The van der Waals surface area contributed by atoms with Crippen molar-refractivity contribution in [3.05, 3.63) is 63.1 Å². The summed E-state index contributed by atoms with van der Waals surface area (Å²) in [5, 5.41) is 0. The Balaban J connectivity index is 1.60. The van der Waals surface area contributed by atoms with Crippen molar-refractivity contribution in [1.29, 1.82) is 0 Å². The Bertz CT molecular complexity index is 1060. The summed E-state index contributed by atoms with van der Waals surface area (Å²) < 4.78 is 18.1. The first-order chi connectivity index (χ1) is 16.4. The van der Waals surface area contributed by atoms with Crippen molar-refractivity contribution in [2.24, 2.45) is 0 Å². The van der Waals surface area contributed by atoms with E-state index in [9.17, 15) is 9.59 Å². The highest BCUT2D eigenvalue weighted by Crippen LogP contribution is 2.53. The Hall–Kier alpha value is -2.54. The maximum Gasteiger partial charge on any atom is 0.409 e. The predicted molar refractivity (Wildman–Crippen MR) is 133 cm³/mol. The van der Waals surface area contributed by atoms with Crippen LogP contribution in [-0.2, 0) is 26.1 Å². The van der Waals surface area contributed by atoms with Gasteiger partial charge >= 0.3 is 12.1 Å². The van der Waals surface area contributed by atoms with E-state index in [1.54, 1.807) is 4.90 Å². The zero-order valence-electron chi connectivity index (χ0n) is 20.1. The number of halogens is 1. The second kappa shape index (κ2) is 10.4. The van der Waals surface area contributed by atoms with Gasteiger partial charge in [-0.15, -0.1) is 0 Å². The smallest absolute Gasteiger partial charge is 0.409 e. The van der Waals surface area contributed by atoms with Crippen molar-refractivity contribution in [1.82, 2.24) is 4.90 Å². The van der Waals surface area contributed by atoms with Crippen molar-refractivity contribution in [2.45, 2.75) is 58.0 Å². The third-order valence-electron chi connectivity index (χ3n) is 7.02. The lowest BCUT2D eigenvalue weighted by Gasteiger charge is -2.39. The number of fused-ring (bicyclic) bond motifs is 2. The Morgan fingerprint density at radius 2 is 1.82 bits per heavy atom. The number of hydrogen-bond acceptors (Lipinski definition) is 5. The molecule has 1 heterocycles. The summed E-state index contributed by atoms with van der Waals surface area (Å²) in [6, 6.07) is 12.3. The average Bonchev–Trinajstić information content (AvgIpc) is 3.09. The number of carbonyl (C=O) groups is 2. The van der Waals surface area contributed by atoms with Gasteiger partial charge < -0.3 is 19.1 Å². The van der Waals surface area contributed by atoms with Crippen molar-refractivity contribution < 1.29 is 23.8 Å². The van der Waals surface area contributed by atoms with Gasteiger partial charge in [-0.2, -0.15) is 0 Å². The van der Waals surface area contributed by atoms with Crippen LogP contribution in [0.15, 0.2) is 40.9 Å². The van der Waals surface area contributed by atoms with Crippen molar-refractivity contribution >= 4 is 28.0 Å². The van der Waals surface area contributed by atoms with E-state index in [0.717, 1.165) is 40.6 Å². The number of rotatable bonds is 6. The SMILES string of the molecule is CCOC(=O)Cc1c(C)cccc1OC1CC2(CCN(C(=O)OCC)CC2)c2ccc(Br)cc21. The van der Waals surface area contributed by atoms with Crippen LogP contribution in [0.5, 0.6) is 5.75 Å². The summed E-state index contributed by atoms with van der Waals surface area (Å²) in [7, 11) is 0. The Morgan fingerprint density at radius 1 is 1.09 bits per heavy atom. The number of aryl methyl sites for hydroxylation is 1. The van der Waals surface area contributed by atoms with Gasteiger partial charge in [0.1, 0.15) is 11.9 Å². The van der Waals surface area contributed by atoms with E-state index < -0.39 is 0 Å². The van der Waals surface area contributed by atoms with Crippen LogP contribution in [0.25, 0.3) is 0 Å². The van der Waals surface area contributed by atoms with E-state index in [1.165, 1.54) is 11.1 Å². The summed E-state index contributed by atoms with van der Waals surface area (Å²) in [5.74, 6) is 0.476. The van der Waals surface area contributed by atoms with Crippen LogP contribution < -0.4 is 4.74 Å². The Morgan fingerprint density at radius 3 is 2.53 bits per heavy atom. The molecule has 7 heteroatoms. The first-order valence-electron chi connectivity index (χ1n) is 12.0. The van der Waals surface area contributed by atoms with Gasteiger partial charge in [-0.05, 0) is 74.9 Å². The normalized spacial score (nSPS) is 18.5. The molecule has 0 radical (unpaired) electrons. The zero-order valence-corrected chi connectivity index (χ0v) is 21.7. The molecule has 1 aliphatic heterocycles. The highest BCUT2D eigenvalue weighted by molar-refractivity contribution is 9.10. The van der Waals surface area contributed by atoms with Crippen molar-refractivity contribution in [2.75, 3.05) is 26.3 Å². The molecule has 0 N–H and O–H groups in total. The first-order valence-corrected chi connectivity index (χ1v) is 12.8. The number of hydrogen-bond donors (Lipinski definition) is 0. The van der Waals surface area contributed by atoms with Gasteiger partial charge in [0, 0.05) is 28.5 Å². The topological polar surface area (TPSA) is 65.1 Å². The Labute approximate surface area is 209 Å². The monoisotopic (exact) mass is 529 g/mol. The quantitative estimate of drug-likeness (QED) is 0.437. The van der Waals surface area contributed by atoms with Crippen LogP contribution in [0.3, 0.4) is 0 Å². The molecule has 2 aliphatic rings. The minimum absolute atomic E-state index is 0.0468. The summed E-state index contributed by atoms with van der Waals surface area (Å²) in [6.07, 6.45) is 2.38. The number of benzene rings is 2. The lowest BCUT2D eigenvalue weighted by atomic mass is 9.74. The van der Waals surface area contributed by atoms with E-state index in [4.69, 9.17) is 14.2 Å². The minimum Gasteiger partial charge on any atom is -0.485 e.